The molecule has 2 aromatic rings. The number of unbranched alkanes of at least 4 members (excludes halogenated alkanes) is 1. The summed E-state index contributed by atoms with van der Waals surface area (Å²) in [5.41, 5.74) is 8.07. The SMILES string of the molecule is NCCCCNCCc1c[nH]c2ccccc12. The molecule has 0 aliphatic heterocycles. The predicted octanol–water partition coefficient (Wildman–Crippen LogP) is 2.04. The molecule has 0 amide bonds. The highest BCUT2D eigenvalue weighted by Crippen LogP contribution is 2.17. The van der Waals surface area contributed by atoms with Gasteiger partial charge in [-0.2, -0.15) is 0 Å². The van der Waals surface area contributed by atoms with Gasteiger partial charge in [0, 0.05) is 17.1 Å². The summed E-state index contributed by atoms with van der Waals surface area (Å²) in [6.07, 6.45) is 5.48. The number of benzene rings is 1. The predicted molar refractivity (Wildman–Crippen MR) is 73.2 cm³/mol. The number of fused-ring (bicyclic) bond motifs is 1. The third kappa shape index (κ3) is 3.32. The first-order valence-corrected chi connectivity index (χ1v) is 6.37. The number of aromatic amines is 1. The lowest BCUT2D eigenvalue weighted by Crippen LogP contribution is -2.19. The minimum absolute atomic E-state index is 0.796. The van der Waals surface area contributed by atoms with Crippen molar-refractivity contribution in [3.8, 4) is 0 Å². The Morgan fingerprint density at radius 1 is 1.12 bits per heavy atom. The van der Waals surface area contributed by atoms with Gasteiger partial charge in [-0.1, -0.05) is 18.2 Å². The number of rotatable bonds is 7. The normalized spacial score (nSPS) is 11.1. The Morgan fingerprint density at radius 2 is 2.00 bits per heavy atom. The van der Waals surface area contributed by atoms with E-state index in [1.807, 2.05) is 0 Å². The molecule has 1 aromatic carbocycles. The fourth-order valence-electron chi connectivity index (χ4n) is 2.08. The maximum atomic E-state index is 5.45. The van der Waals surface area contributed by atoms with Gasteiger partial charge in [0.15, 0.2) is 0 Å². The molecule has 0 saturated carbocycles. The molecular formula is C14H21N3. The summed E-state index contributed by atoms with van der Waals surface area (Å²) in [5.74, 6) is 0. The Kier molecular flexibility index (Phi) is 4.59. The van der Waals surface area contributed by atoms with E-state index in [-0.39, 0.29) is 0 Å². The van der Waals surface area contributed by atoms with Crippen LogP contribution in [0.1, 0.15) is 18.4 Å². The molecule has 4 N–H and O–H groups in total. The van der Waals surface area contributed by atoms with Gasteiger partial charge in [-0.25, -0.2) is 0 Å². The number of aromatic nitrogens is 1. The van der Waals surface area contributed by atoms with E-state index in [0.717, 1.165) is 32.5 Å². The van der Waals surface area contributed by atoms with Crippen molar-refractivity contribution in [2.24, 2.45) is 5.73 Å². The zero-order valence-electron chi connectivity index (χ0n) is 10.2. The van der Waals surface area contributed by atoms with Crippen molar-refractivity contribution in [2.45, 2.75) is 19.3 Å². The van der Waals surface area contributed by atoms with Crippen LogP contribution in [0.2, 0.25) is 0 Å². The summed E-state index contributed by atoms with van der Waals surface area (Å²) in [4.78, 5) is 3.31. The van der Waals surface area contributed by atoms with E-state index >= 15 is 0 Å². The van der Waals surface area contributed by atoms with Crippen molar-refractivity contribution in [2.75, 3.05) is 19.6 Å². The van der Waals surface area contributed by atoms with Crippen LogP contribution < -0.4 is 11.1 Å². The Hall–Kier alpha value is -1.32. The van der Waals surface area contributed by atoms with E-state index in [2.05, 4.69) is 40.8 Å². The highest BCUT2D eigenvalue weighted by Gasteiger charge is 2.01. The van der Waals surface area contributed by atoms with Gasteiger partial charge in [0.1, 0.15) is 0 Å². The fraction of sp³-hybridized carbons (Fsp3) is 0.429. The van der Waals surface area contributed by atoms with Crippen LogP contribution in [0.4, 0.5) is 0 Å². The molecule has 17 heavy (non-hydrogen) atoms. The second-order valence-corrected chi connectivity index (χ2v) is 4.36. The maximum absolute atomic E-state index is 5.45. The molecule has 0 aliphatic carbocycles. The minimum atomic E-state index is 0.796. The van der Waals surface area contributed by atoms with Crippen molar-refractivity contribution in [1.82, 2.24) is 10.3 Å². The lowest BCUT2D eigenvalue weighted by molar-refractivity contribution is 0.628. The van der Waals surface area contributed by atoms with Gasteiger partial charge in [-0.05, 0) is 50.5 Å². The molecule has 0 aliphatic rings. The van der Waals surface area contributed by atoms with E-state index < -0.39 is 0 Å². The van der Waals surface area contributed by atoms with E-state index in [1.54, 1.807) is 0 Å². The van der Waals surface area contributed by atoms with Crippen LogP contribution in [-0.4, -0.2) is 24.6 Å². The number of para-hydroxylation sites is 1. The van der Waals surface area contributed by atoms with Crippen LogP contribution in [0, 0.1) is 0 Å². The van der Waals surface area contributed by atoms with E-state index in [4.69, 9.17) is 5.73 Å². The van der Waals surface area contributed by atoms with Crippen LogP contribution in [0.3, 0.4) is 0 Å². The third-order valence-corrected chi connectivity index (χ3v) is 3.05. The Morgan fingerprint density at radius 3 is 2.88 bits per heavy atom. The second-order valence-electron chi connectivity index (χ2n) is 4.36. The second kappa shape index (κ2) is 6.42. The van der Waals surface area contributed by atoms with E-state index in [9.17, 15) is 0 Å². The molecule has 0 fully saturated rings. The van der Waals surface area contributed by atoms with Gasteiger partial charge >= 0.3 is 0 Å². The zero-order chi connectivity index (χ0) is 11.9. The summed E-state index contributed by atoms with van der Waals surface area (Å²) < 4.78 is 0. The summed E-state index contributed by atoms with van der Waals surface area (Å²) in [6, 6.07) is 8.45. The topological polar surface area (TPSA) is 53.8 Å². The Balaban J connectivity index is 1.79. The zero-order valence-corrected chi connectivity index (χ0v) is 10.2. The van der Waals surface area contributed by atoms with Crippen molar-refractivity contribution in [3.05, 3.63) is 36.0 Å². The molecule has 2 rings (SSSR count). The van der Waals surface area contributed by atoms with Crippen LogP contribution in [0.15, 0.2) is 30.5 Å². The smallest absolute Gasteiger partial charge is 0.0456 e. The summed E-state index contributed by atoms with van der Waals surface area (Å²) in [7, 11) is 0. The fourth-order valence-corrected chi connectivity index (χ4v) is 2.08. The van der Waals surface area contributed by atoms with Gasteiger partial charge in [-0.3, -0.25) is 0 Å². The van der Waals surface area contributed by atoms with Crippen molar-refractivity contribution < 1.29 is 0 Å². The van der Waals surface area contributed by atoms with Gasteiger partial charge in [0.25, 0.3) is 0 Å². The molecule has 0 saturated heterocycles. The van der Waals surface area contributed by atoms with Gasteiger partial charge < -0.3 is 16.0 Å². The Bertz CT molecular complexity index is 447. The first kappa shape index (κ1) is 12.1. The average molecular weight is 231 g/mol. The molecule has 1 aromatic heterocycles. The molecule has 3 nitrogen and oxygen atoms in total. The number of nitrogens with one attached hydrogen (secondary N) is 2. The van der Waals surface area contributed by atoms with Crippen LogP contribution in [0.5, 0.6) is 0 Å². The number of hydrogen-bond acceptors (Lipinski definition) is 2. The summed E-state index contributed by atoms with van der Waals surface area (Å²) in [6.45, 7) is 2.90. The first-order valence-electron chi connectivity index (χ1n) is 6.37. The summed E-state index contributed by atoms with van der Waals surface area (Å²) in [5, 5.41) is 4.80. The van der Waals surface area contributed by atoms with Crippen LogP contribution in [0.25, 0.3) is 10.9 Å². The molecule has 0 bridgehead atoms. The van der Waals surface area contributed by atoms with Crippen molar-refractivity contribution in [3.63, 3.8) is 0 Å². The highest BCUT2D eigenvalue weighted by molar-refractivity contribution is 5.83. The molecule has 3 heteroatoms. The minimum Gasteiger partial charge on any atom is -0.361 e. The highest BCUT2D eigenvalue weighted by atomic mass is 14.8. The van der Waals surface area contributed by atoms with Gasteiger partial charge in [-0.15, -0.1) is 0 Å². The largest absolute Gasteiger partial charge is 0.361 e. The molecule has 0 atom stereocenters. The van der Waals surface area contributed by atoms with Crippen LogP contribution >= 0.6 is 0 Å². The molecule has 1 heterocycles. The number of hydrogen-bond donors (Lipinski definition) is 3. The maximum Gasteiger partial charge on any atom is 0.0456 e. The Labute approximate surface area is 102 Å². The third-order valence-electron chi connectivity index (χ3n) is 3.05. The summed E-state index contributed by atoms with van der Waals surface area (Å²) >= 11 is 0. The standard InChI is InChI=1S/C14H21N3/c15-8-3-4-9-16-10-7-12-11-17-14-6-2-1-5-13(12)14/h1-2,5-6,11,16-17H,3-4,7-10,15H2. The van der Waals surface area contributed by atoms with Crippen LogP contribution in [-0.2, 0) is 6.42 Å². The number of nitrogens with two attached hydrogens (primary N) is 1. The molecule has 0 radical (unpaired) electrons. The van der Waals surface area contributed by atoms with Gasteiger partial charge in [0.05, 0.1) is 0 Å². The first-order chi connectivity index (χ1) is 8.42. The van der Waals surface area contributed by atoms with E-state index in [0.29, 0.717) is 0 Å². The lowest BCUT2D eigenvalue weighted by Gasteiger charge is -2.03. The van der Waals surface area contributed by atoms with Gasteiger partial charge in [0.2, 0.25) is 0 Å². The van der Waals surface area contributed by atoms with Crippen molar-refractivity contribution >= 4 is 10.9 Å². The molecular weight excluding hydrogens is 210 g/mol. The molecule has 92 valence electrons. The number of H-pyrrole nitrogens is 1. The quantitative estimate of drug-likeness (QED) is 0.639. The molecule has 0 spiro atoms. The van der Waals surface area contributed by atoms with E-state index in [1.165, 1.54) is 22.9 Å². The monoisotopic (exact) mass is 231 g/mol. The lowest BCUT2D eigenvalue weighted by atomic mass is 10.1. The van der Waals surface area contributed by atoms with Crippen molar-refractivity contribution in [1.29, 1.82) is 0 Å². The average Bonchev–Trinajstić information content (AvgIpc) is 2.77. The molecule has 0 unspecified atom stereocenters.